The maximum absolute atomic E-state index is 12.0. The minimum Gasteiger partial charge on any atom is -0.475 e. The number of halogens is 3. The largest absolute Gasteiger partial charge is 0.490 e. The molecule has 0 aliphatic carbocycles. The van der Waals surface area contributed by atoms with Crippen molar-refractivity contribution in [2.24, 2.45) is 5.73 Å². The summed E-state index contributed by atoms with van der Waals surface area (Å²) in [7, 11) is 0. The molecule has 1 fully saturated rings. The molecular weight excluding hydrogens is 537 g/mol. The van der Waals surface area contributed by atoms with E-state index in [-0.39, 0.29) is 18.1 Å². The van der Waals surface area contributed by atoms with Gasteiger partial charge in [0.05, 0.1) is 0 Å². The van der Waals surface area contributed by atoms with Gasteiger partial charge in [-0.15, -0.1) is 0 Å². The molecule has 40 heavy (non-hydrogen) atoms. The molecule has 2 rings (SSSR count). The molecule has 0 aromatic carbocycles. The van der Waals surface area contributed by atoms with Crippen molar-refractivity contribution >= 4 is 17.8 Å². The van der Waals surface area contributed by atoms with Crippen molar-refractivity contribution in [2.75, 3.05) is 6.61 Å². The Morgan fingerprint density at radius 1 is 0.975 bits per heavy atom. The van der Waals surface area contributed by atoms with Crippen LogP contribution in [-0.2, 0) is 19.1 Å². The lowest BCUT2D eigenvalue weighted by Gasteiger charge is -2.13. The van der Waals surface area contributed by atoms with E-state index in [4.69, 9.17) is 25.1 Å². The fraction of sp³-hybridized carbons (Fsp3) is 0.704. The van der Waals surface area contributed by atoms with E-state index in [2.05, 4.69) is 6.92 Å². The summed E-state index contributed by atoms with van der Waals surface area (Å²) in [5.74, 6) is -3.69. The standard InChI is InChI=1S/C25H40N2O6.C2HF3O2/c1-2-3-4-5-6-7-8-9-10-11-12-15-21(28)32-18-20-22(29)23(30)25(33-20)27-16-13-14-19(17-27)24(26)31;3-2(4,5)1(6)7/h13-14,16-17,20,22-23,25,29-30H,2-12,15,18H2,1H3,(H-,26,31);(H,6,7)/p+1/t20?,22-,23-,25-;/m1./s1. The zero-order valence-corrected chi connectivity index (χ0v) is 22.9. The fourth-order valence-electron chi connectivity index (χ4n) is 4.09. The Kier molecular flexibility index (Phi) is 16.4. The van der Waals surface area contributed by atoms with Crippen LogP contribution in [0.15, 0.2) is 24.5 Å². The van der Waals surface area contributed by atoms with Gasteiger partial charge in [-0.25, -0.2) is 4.79 Å². The zero-order valence-electron chi connectivity index (χ0n) is 22.9. The second-order valence-corrected chi connectivity index (χ2v) is 9.72. The highest BCUT2D eigenvalue weighted by atomic mass is 19.4. The number of amides is 1. The molecule has 4 atom stereocenters. The first kappa shape index (κ1) is 35.3. The number of rotatable bonds is 16. The van der Waals surface area contributed by atoms with Crippen molar-refractivity contribution in [1.29, 1.82) is 0 Å². The van der Waals surface area contributed by atoms with Crippen LogP contribution in [0.4, 0.5) is 13.2 Å². The molecule has 1 aromatic rings. The van der Waals surface area contributed by atoms with E-state index < -0.39 is 42.6 Å². The number of unbranched alkanes of at least 4 members (excludes halogenated alkanes) is 10. The summed E-state index contributed by atoms with van der Waals surface area (Å²) < 4.78 is 44.2. The minimum absolute atomic E-state index is 0.137. The lowest BCUT2D eigenvalue weighted by Crippen LogP contribution is -2.46. The SMILES string of the molecule is CCCCCCCCCCCCCC(=O)OCC1O[C@@H]([n+]2cccc(C(N)=O)c2)[C@H](O)[C@@H]1O.O=C(O)C(F)(F)F. The number of aliphatic hydroxyl groups excluding tert-OH is 2. The Morgan fingerprint density at radius 2 is 1.50 bits per heavy atom. The predicted octanol–water partition coefficient (Wildman–Crippen LogP) is 3.57. The molecule has 1 unspecified atom stereocenters. The van der Waals surface area contributed by atoms with Gasteiger partial charge < -0.3 is 30.5 Å². The van der Waals surface area contributed by atoms with Crippen LogP contribution in [0, 0.1) is 0 Å². The number of carboxylic acid groups (broad SMARTS) is 1. The third-order valence-corrected chi connectivity index (χ3v) is 6.37. The highest BCUT2D eigenvalue weighted by molar-refractivity contribution is 5.92. The summed E-state index contributed by atoms with van der Waals surface area (Å²) in [6.07, 6.45) is 7.42. The van der Waals surface area contributed by atoms with Crippen LogP contribution in [0.5, 0.6) is 0 Å². The van der Waals surface area contributed by atoms with Crippen LogP contribution in [0.3, 0.4) is 0 Å². The minimum atomic E-state index is -5.08. The lowest BCUT2D eigenvalue weighted by molar-refractivity contribution is -0.765. The van der Waals surface area contributed by atoms with Crippen molar-refractivity contribution in [3.63, 3.8) is 0 Å². The average molecular weight is 580 g/mol. The van der Waals surface area contributed by atoms with Gasteiger partial charge in [0, 0.05) is 12.5 Å². The summed E-state index contributed by atoms with van der Waals surface area (Å²) in [4.78, 5) is 32.3. The number of aliphatic hydroxyl groups is 2. The number of hydrogen-bond acceptors (Lipinski definition) is 7. The van der Waals surface area contributed by atoms with Crippen molar-refractivity contribution in [1.82, 2.24) is 0 Å². The second-order valence-electron chi connectivity index (χ2n) is 9.72. The van der Waals surface area contributed by atoms with Gasteiger partial charge in [0.25, 0.3) is 12.1 Å². The van der Waals surface area contributed by atoms with E-state index in [0.717, 1.165) is 19.3 Å². The van der Waals surface area contributed by atoms with Crippen LogP contribution >= 0.6 is 0 Å². The van der Waals surface area contributed by atoms with E-state index in [0.29, 0.717) is 6.42 Å². The van der Waals surface area contributed by atoms with Gasteiger partial charge in [0.15, 0.2) is 18.5 Å². The van der Waals surface area contributed by atoms with Gasteiger partial charge in [-0.1, -0.05) is 71.1 Å². The number of alkyl halides is 3. The molecule has 0 spiro atoms. The molecule has 228 valence electrons. The molecule has 1 amide bonds. The quantitative estimate of drug-likeness (QED) is 0.131. The third-order valence-electron chi connectivity index (χ3n) is 6.37. The number of carboxylic acids is 1. The van der Waals surface area contributed by atoms with Gasteiger partial charge >= 0.3 is 18.1 Å². The van der Waals surface area contributed by atoms with E-state index in [1.54, 1.807) is 18.3 Å². The van der Waals surface area contributed by atoms with E-state index in [1.807, 2.05) is 0 Å². The molecule has 1 saturated heterocycles. The second kappa shape index (κ2) is 18.6. The number of aromatic nitrogens is 1. The van der Waals surface area contributed by atoms with Crippen molar-refractivity contribution < 1.29 is 56.9 Å². The molecule has 0 bridgehead atoms. The summed E-state index contributed by atoms with van der Waals surface area (Å²) in [6, 6.07) is 3.15. The first-order valence-corrected chi connectivity index (χ1v) is 13.7. The van der Waals surface area contributed by atoms with Crippen molar-refractivity contribution in [3.05, 3.63) is 30.1 Å². The van der Waals surface area contributed by atoms with E-state index in [1.165, 1.54) is 62.1 Å². The zero-order chi connectivity index (χ0) is 30.1. The van der Waals surface area contributed by atoms with Crippen LogP contribution in [-0.4, -0.2) is 64.3 Å². The average Bonchev–Trinajstić information content (AvgIpc) is 3.19. The smallest absolute Gasteiger partial charge is 0.475 e. The fourth-order valence-corrected chi connectivity index (χ4v) is 4.09. The van der Waals surface area contributed by atoms with Crippen LogP contribution in [0.2, 0.25) is 0 Å². The maximum Gasteiger partial charge on any atom is 0.490 e. The molecule has 2 heterocycles. The molecule has 1 aliphatic heterocycles. The molecule has 0 saturated carbocycles. The van der Waals surface area contributed by atoms with Crippen LogP contribution in [0.25, 0.3) is 0 Å². The molecule has 0 radical (unpaired) electrons. The molecule has 10 nitrogen and oxygen atoms in total. The van der Waals surface area contributed by atoms with Crippen molar-refractivity contribution in [2.45, 2.75) is 115 Å². The van der Waals surface area contributed by atoms with Gasteiger partial charge in [0.1, 0.15) is 24.4 Å². The first-order chi connectivity index (χ1) is 18.9. The molecule has 13 heteroatoms. The first-order valence-electron chi connectivity index (χ1n) is 13.7. The Balaban J connectivity index is 0.00000101. The Bertz CT molecular complexity index is 916. The Labute approximate surface area is 232 Å². The molecule has 1 aromatic heterocycles. The van der Waals surface area contributed by atoms with Crippen molar-refractivity contribution in [3.8, 4) is 0 Å². The number of ether oxygens (including phenoxy) is 2. The van der Waals surface area contributed by atoms with E-state index >= 15 is 0 Å². The van der Waals surface area contributed by atoms with Gasteiger partial charge in [-0.2, -0.15) is 17.7 Å². The summed E-state index contributed by atoms with van der Waals surface area (Å²) >= 11 is 0. The molecule has 5 N–H and O–H groups in total. The molecular formula is C27H42F3N2O8+. The topological polar surface area (TPSA) is 160 Å². The number of carbonyl (C=O) groups is 3. The maximum atomic E-state index is 12.0. The molecule has 1 aliphatic rings. The summed E-state index contributed by atoms with van der Waals surface area (Å²) in [5.41, 5.74) is 5.54. The van der Waals surface area contributed by atoms with Gasteiger partial charge in [-0.05, 0) is 12.5 Å². The van der Waals surface area contributed by atoms with Gasteiger partial charge in [-0.3, -0.25) is 9.59 Å². The number of aliphatic carboxylic acids is 1. The summed E-state index contributed by atoms with van der Waals surface area (Å²) in [6.45, 7) is 2.09. The highest BCUT2D eigenvalue weighted by Gasteiger charge is 2.48. The Morgan fingerprint density at radius 3 is 2.00 bits per heavy atom. The normalized spacial score (nSPS) is 20.4. The number of primary amides is 1. The number of nitrogens with zero attached hydrogens (tertiary/aromatic N) is 1. The number of pyridine rings is 1. The van der Waals surface area contributed by atoms with E-state index in [9.17, 15) is 33.0 Å². The number of hydrogen-bond donors (Lipinski definition) is 4. The monoisotopic (exact) mass is 579 g/mol. The predicted molar refractivity (Wildman–Crippen MR) is 137 cm³/mol. The number of esters is 1. The Hall–Kier alpha value is -2.77. The summed E-state index contributed by atoms with van der Waals surface area (Å²) in [5, 5.41) is 27.8. The highest BCUT2D eigenvalue weighted by Crippen LogP contribution is 2.26. The van der Waals surface area contributed by atoms with Crippen LogP contribution in [0.1, 0.15) is 101 Å². The number of carbonyl (C=O) groups excluding carboxylic acids is 2. The third kappa shape index (κ3) is 13.5. The number of nitrogens with two attached hydrogens (primary N) is 1. The van der Waals surface area contributed by atoms with Gasteiger partial charge in [0.2, 0.25) is 0 Å². The van der Waals surface area contributed by atoms with Crippen LogP contribution < -0.4 is 10.3 Å². The lowest BCUT2D eigenvalue weighted by atomic mass is 10.1.